The molecule has 0 saturated carbocycles. The zero-order chi connectivity index (χ0) is 14.8. The molecule has 0 saturated heterocycles. The fraction of sp³-hybridized carbons (Fsp3) is 0.867. The van der Waals surface area contributed by atoms with Gasteiger partial charge in [0.1, 0.15) is 11.6 Å². The minimum Gasteiger partial charge on any atom is -0.384 e. The van der Waals surface area contributed by atoms with Crippen LogP contribution in [0, 0.1) is 11.8 Å². The van der Waals surface area contributed by atoms with Crippen LogP contribution in [0.1, 0.15) is 40.0 Å². The lowest BCUT2D eigenvalue weighted by Crippen LogP contribution is -2.27. The van der Waals surface area contributed by atoms with Gasteiger partial charge in [0.2, 0.25) is 0 Å². The van der Waals surface area contributed by atoms with Crippen LogP contribution in [0.25, 0.3) is 0 Å². The molecule has 1 unspecified atom stereocenters. The van der Waals surface area contributed by atoms with Gasteiger partial charge >= 0.3 is 0 Å². The number of carbonyl (C=O) groups excluding carboxylic acids is 2. The number of hydrogen-bond donors (Lipinski definition) is 0. The number of rotatable bonds is 11. The van der Waals surface area contributed by atoms with Gasteiger partial charge in [-0.15, -0.1) is 0 Å². The van der Waals surface area contributed by atoms with Crippen molar-refractivity contribution in [1.82, 2.24) is 4.90 Å². The highest BCUT2D eigenvalue weighted by Crippen LogP contribution is 2.08. The highest BCUT2D eigenvalue weighted by atomic mass is 16.5. The van der Waals surface area contributed by atoms with E-state index in [0.717, 1.165) is 19.5 Å². The molecule has 0 N–H and O–H groups in total. The maximum absolute atomic E-state index is 11.7. The standard InChI is InChI=1S/C15H29NO3/c1-12(2)14(17)7-10-16(4)9-6-13(3)15(18)8-11-19-5/h12-13H,6-11H2,1-5H3. The molecular weight excluding hydrogens is 242 g/mol. The Morgan fingerprint density at radius 3 is 2.21 bits per heavy atom. The number of methoxy groups -OCH3 is 1. The zero-order valence-electron chi connectivity index (χ0n) is 13.1. The van der Waals surface area contributed by atoms with Crippen LogP contribution in [-0.4, -0.2) is 50.3 Å². The van der Waals surface area contributed by atoms with Gasteiger partial charge in [-0.25, -0.2) is 0 Å². The Labute approximate surface area is 117 Å². The lowest BCUT2D eigenvalue weighted by Gasteiger charge is -2.19. The molecule has 4 nitrogen and oxygen atoms in total. The second-order valence-electron chi connectivity index (χ2n) is 5.57. The Balaban J connectivity index is 3.80. The van der Waals surface area contributed by atoms with E-state index in [-0.39, 0.29) is 17.6 Å². The van der Waals surface area contributed by atoms with Crippen LogP contribution >= 0.6 is 0 Å². The Morgan fingerprint density at radius 2 is 1.68 bits per heavy atom. The fourth-order valence-corrected chi connectivity index (χ4v) is 1.73. The third-order valence-electron chi connectivity index (χ3n) is 3.43. The summed E-state index contributed by atoms with van der Waals surface area (Å²) < 4.78 is 4.91. The van der Waals surface area contributed by atoms with Gasteiger partial charge in [-0.3, -0.25) is 9.59 Å². The van der Waals surface area contributed by atoms with Crippen molar-refractivity contribution >= 4 is 11.6 Å². The summed E-state index contributed by atoms with van der Waals surface area (Å²) in [5.74, 6) is 0.742. The molecule has 0 amide bonds. The molecule has 1 atom stereocenters. The van der Waals surface area contributed by atoms with Gasteiger partial charge in [0.05, 0.1) is 6.61 Å². The van der Waals surface area contributed by atoms with Gasteiger partial charge in [-0.1, -0.05) is 20.8 Å². The van der Waals surface area contributed by atoms with Crippen molar-refractivity contribution in [3.8, 4) is 0 Å². The van der Waals surface area contributed by atoms with Crippen LogP contribution in [0.4, 0.5) is 0 Å². The highest BCUT2D eigenvalue weighted by molar-refractivity contribution is 5.81. The SMILES string of the molecule is COCCC(=O)C(C)CCN(C)CCC(=O)C(C)C. The Kier molecular flexibility index (Phi) is 9.70. The first-order chi connectivity index (χ1) is 8.88. The molecule has 0 bridgehead atoms. The van der Waals surface area contributed by atoms with Crippen molar-refractivity contribution in [3.63, 3.8) is 0 Å². The normalized spacial score (nSPS) is 13.0. The van der Waals surface area contributed by atoms with Crippen molar-refractivity contribution in [2.45, 2.75) is 40.0 Å². The molecule has 4 heteroatoms. The van der Waals surface area contributed by atoms with Gasteiger partial charge in [-0.05, 0) is 20.0 Å². The lowest BCUT2D eigenvalue weighted by atomic mass is 10.00. The summed E-state index contributed by atoms with van der Waals surface area (Å²) in [7, 11) is 3.61. The maximum Gasteiger partial charge on any atom is 0.138 e. The molecule has 0 aliphatic heterocycles. The quantitative estimate of drug-likeness (QED) is 0.578. The molecule has 0 aliphatic carbocycles. The maximum atomic E-state index is 11.7. The number of Topliss-reactive ketones (excluding diaryl/α,β-unsaturated/α-hetero) is 2. The molecule has 0 aromatic carbocycles. The topological polar surface area (TPSA) is 46.6 Å². The largest absolute Gasteiger partial charge is 0.384 e. The van der Waals surface area contributed by atoms with Gasteiger partial charge in [0, 0.05) is 38.3 Å². The summed E-state index contributed by atoms with van der Waals surface area (Å²) in [6, 6.07) is 0. The van der Waals surface area contributed by atoms with Gasteiger partial charge < -0.3 is 9.64 Å². The van der Waals surface area contributed by atoms with E-state index in [1.165, 1.54) is 0 Å². The average molecular weight is 271 g/mol. The monoisotopic (exact) mass is 271 g/mol. The number of carbonyl (C=O) groups is 2. The molecule has 0 radical (unpaired) electrons. The summed E-state index contributed by atoms with van der Waals surface area (Å²) in [5.41, 5.74) is 0. The number of hydrogen-bond acceptors (Lipinski definition) is 4. The van der Waals surface area contributed by atoms with Gasteiger partial charge in [0.15, 0.2) is 0 Å². The Bertz CT molecular complexity index is 277. The van der Waals surface area contributed by atoms with E-state index in [1.807, 2.05) is 27.8 Å². The van der Waals surface area contributed by atoms with Crippen LogP contribution in [0.3, 0.4) is 0 Å². The summed E-state index contributed by atoms with van der Waals surface area (Å²) in [5, 5.41) is 0. The van der Waals surface area contributed by atoms with E-state index in [1.54, 1.807) is 7.11 Å². The van der Waals surface area contributed by atoms with E-state index in [4.69, 9.17) is 4.74 Å². The van der Waals surface area contributed by atoms with E-state index >= 15 is 0 Å². The van der Waals surface area contributed by atoms with Crippen LogP contribution < -0.4 is 0 Å². The molecule has 0 fully saturated rings. The molecule has 0 aliphatic rings. The predicted octanol–water partition coefficient (Wildman–Crippen LogP) is 2.17. The first-order valence-corrected chi connectivity index (χ1v) is 7.11. The molecule has 19 heavy (non-hydrogen) atoms. The third-order valence-corrected chi connectivity index (χ3v) is 3.43. The summed E-state index contributed by atoms with van der Waals surface area (Å²) in [6.45, 7) is 7.95. The predicted molar refractivity (Wildman–Crippen MR) is 77.2 cm³/mol. The molecule has 0 aromatic heterocycles. The molecule has 112 valence electrons. The summed E-state index contributed by atoms with van der Waals surface area (Å²) >= 11 is 0. The van der Waals surface area contributed by atoms with E-state index in [0.29, 0.717) is 25.2 Å². The third kappa shape index (κ3) is 8.89. The number of nitrogens with zero attached hydrogens (tertiary/aromatic N) is 1. The second-order valence-corrected chi connectivity index (χ2v) is 5.57. The number of ketones is 2. The number of ether oxygens (including phenoxy) is 1. The van der Waals surface area contributed by atoms with E-state index in [2.05, 4.69) is 4.90 Å². The van der Waals surface area contributed by atoms with Gasteiger partial charge in [-0.2, -0.15) is 0 Å². The minimum atomic E-state index is 0.0680. The minimum absolute atomic E-state index is 0.0680. The summed E-state index contributed by atoms with van der Waals surface area (Å²) in [4.78, 5) is 25.4. The van der Waals surface area contributed by atoms with Crippen LogP contribution in [-0.2, 0) is 14.3 Å². The van der Waals surface area contributed by atoms with E-state index in [9.17, 15) is 9.59 Å². The van der Waals surface area contributed by atoms with Crippen molar-refractivity contribution < 1.29 is 14.3 Å². The molecule has 0 rings (SSSR count). The molecule has 0 heterocycles. The van der Waals surface area contributed by atoms with Crippen molar-refractivity contribution in [2.75, 3.05) is 33.9 Å². The molecule has 0 spiro atoms. The van der Waals surface area contributed by atoms with Crippen LogP contribution in [0.2, 0.25) is 0 Å². The van der Waals surface area contributed by atoms with Crippen molar-refractivity contribution in [1.29, 1.82) is 0 Å². The van der Waals surface area contributed by atoms with Crippen molar-refractivity contribution in [3.05, 3.63) is 0 Å². The van der Waals surface area contributed by atoms with Crippen LogP contribution in [0.15, 0.2) is 0 Å². The highest BCUT2D eigenvalue weighted by Gasteiger charge is 2.14. The molecular formula is C15H29NO3. The van der Waals surface area contributed by atoms with E-state index < -0.39 is 0 Å². The molecule has 0 aromatic rings. The fourth-order valence-electron chi connectivity index (χ4n) is 1.73. The van der Waals surface area contributed by atoms with Crippen molar-refractivity contribution in [2.24, 2.45) is 11.8 Å². The lowest BCUT2D eigenvalue weighted by molar-refractivity contribution is -0.124. The summed E-state index contributed by atoms with van der Waals surface area (Å²) in [6.07, 6.45) is 1.93. The Morgan fingerprint density at radius 1 is 1.05 bits per heavy atom. The second kappa shape index (κ2) is 10.1. The first kappa shape index (κ1) is 18.3. The zero-order valence-corrected chi connectivity index (χ0v) is 13.1. The van der Waals surface area contributed by atoms with Gasteiger partial charge in [0.25, 0.3) is 0 Å². The Hall–Kier alpha value is -0.740. The average Bonchev–Trinajstić information content (AvgIpc) is 2.38. The smallest absolute Gasteiger partial charge is 0.138 e. The van der Waals surface area contributed by atoms with Crippen LogP contribution in [0.5, 0.6) is 0 Å². The first-order valence-electron chi connectivity index (χ1n) is 7.11.